The largest absolute Gasteiger partial charge is 0.368 e. The Bertz CT molecular complexity index is 378. The van der Waals surface area contributed by atoms with Gasteiger partial charge in [0.2, 0.25) is 5.91 Å². The quantitative estimate of drug-likeness (QED) is 0.736. The van der Waals surface area contributed by atoms with Gasteiger partial charge in [-0.15, -0.1) is 0 Å². The van der Waals surface area contributed by atoms with Crippen molar-refractivity contribution in [3.05, 3.63) is 35.9 Å². The van der Waals surface area contributed by atoms with Crippen LogP contribution in [-0.4, -0.2) is 43.0 Å². The highest BCUT2D eigenvalue weighted by Gasteiger charge is 2.17. The molecule has 1 unspecified atom stereocenters. The first-order valence-corrected chi connectivity index (χ1v) is 6.77. The standard InChI is InChI=1S/C15H25N3O/c1-12(2)17-14(15(16)19)11-18(3)10-9-13-7-5-4-6-8-13/h4-8,12,14,17H,9-11H2,1-3H3,(H2,16,19). The van der Waals surface area contributed by atoms with E-state index in [0.29, 0.717) is 6.54 Å². The highest BCUT2D eigenvalue weighted by molar-refractivity contribution is 5.80. The second-order valence-corrected chi connectivity index (χ2v) is 5.27. The summed E-state index contributed by atoms with van der Waals surface area (Å²) in [6, 6.07) is 10.3. The molecule has 0 fully saturated rings. The zero-order valence-electron chi connectivity index (χ0n) is 12.1. The molecule has 0 bridgehead atoms. The summed E-state index contributed by atoms with van der Waals surface area (Å²) >= 11 is 0. The summed E-state index contributed by atoms with van der Waals surface area (Å²) in [6.07, 6.45) is 0.977. The zero-order valence-corrected chi connectivity index (χ0v) is 12.1. The summed E-state index contributed by atoms with van der Waals surface area (Å²) in [6.45, 7) is 5.58. The first-order chi connectivity index (χ1) is 8.99. The Balaban J connectivity index is 2.40. The van der Waals surface area contributed by atoms with E-state index in [1.165, 1.54) is 5.56 Å². The van der Waals surface area contributed by atoms with Crippen LogP contribution in [0, 0.1) is 0 Å². The monoisotopic (exact) mass is 263 g/mol. The molecular formula is C15H25N3O. The van der Waals surface area contributed by atoms with Gasteiger partial charge in [0.05, 0.1) is 6.04 Å². The van der Waals surface area contributed by atoms with Gasteiger partial charge >= 0.3 is 0 Å². The number of hydrogen-bond acceptors (Lipinski definition) is 3. The molecule has 0 radical (unpaired) electrons. The lowest BCUT2D eigenvalue weighted by Gasteiger charge is -2.24. The molecular weight excluding hydrogens is 238 g/mol. The van der Waals surface area contributed by atoms with Crippen LogP contribution in [0.4, 0.5) is 0 Å². The minimum atomic E-state index is -0.291. The average molecular weight is 263 g/mol. The molecule has 19 heavy (non-hydrogen) atoms. The highest BCUT2D eigenvalue weighted by Crippen LogP contribution is 2.01. The van der Waals surface area contributed by atoms with Gasteiger partial charge in [-0.25, -0.2) is 0 Å². The molecule has 1 amide bonds. The third-order valence-electron chi connectivity index (χ3n) is 3.00. The summed E-state index contributed by atoms with van der Waals surface area (Å²) in [7, 11) is 2.01. The predicted octanol–water partition coefficient (Wildman–Crippen LogP) is 1.01. The van der Waals surface area contributed by atoms with Crippen LogP contribution >= 0.6 is 0 Å². The van der Waals surface area contributed by atoms with Gasteiger partial charge < -0.3 is 16.0 Å². The smallest absolute Gasteiger partial charge is 0.235 e. The molecule has 106 valence electrons. The van der Waals surface area contributed by atoms with E-state index in [9.17, 15) is 4.79 Å². The topological polar surface area (TPSA) is 58.4 Å². The lowest BCUT2D eigenvalue weighted by Crippen LogP contribution is -2.50. The third-order valence-corrected chi connectivity index (χ3v) is 3.00. The maximum atomic E-state index is 11.4. The van der Waals surface area contributed by atoms with E-state index >= 15 is 0 Å². The van der Waals surface area contributed by atoms with E-state index in [2.05, 4.69) is 22.3 Å². The van der Waals surface area contributed by atoms with Gasteiger partial charge in [-0.1, -0.05) is 44.2 Å². The van der Waals surface area contributed by atoms with Crippen molar-refractivity contribution in [2.45, 2.75) is 32.4 Å². The molecule has 0 spiro atoms. The molecule has 0 aliphatic rings. The lowest BCUT2D eigenvalue weighted by atomic mass is 10.1. The van der Waals surface area contributed by atoms with Gasteiger partial charge in [0.15, 0.2) is 0 Å². The van der Waals surface area contributed by atoms with Crippen LogP contribution in [0.3, 0.4) is 0 Å². The number of nitrogens with two attached hydrogens (primary N) is 1. The zero-order chi connectivity index (χ0) is 14.3. The Hall–Kier alpha value is -1.39. The van der Waals surface area contributed by atoms with Crippen molar-refractivity contribution >= 4 is 5.91 Å². The van der Waals surface area contributed by atoms with E-state index in [1.54, 1.807) is 0 Å². The van der Waals surface area contributed by atoms with E-state index in [-0.39, 0.29) is 18.0 Å². The Morgan fingerprint density at radius 1 is 1.32 bits per heavy atom. The van der Waals surface area contributed by atoms with Gasteiger partial charge in [-0.3, -0.25) is 4.79 Å². The molecule has 1 aromatic rings. The first kappa shape index (κ1) is 15.7. The second-order valence-electron chi connectivity index (χ2n) is 5.27. The van der Waals surface area contributed by atoms with E-state index < -0.39 is 0 Å². The minimum Gasteiger partial charge on any atom is -0.368 e. The van der Waals surface area contributed by atoms with Crippen LogP contribution in [0.1, 0.15) is 19.4 Å². The summed E-state index contributed by atoms with van der Waals surface area (Å²) in [5.41, 5.74) is 6.72. The van der Waals surface area contributed by atoms with E-state index in [1.807, 2.05) is 39.1 Å². The number of nitrogens with one attached hydrogen (secondary N) is 1. The number of nitrogens with zero attached hydrogens (tertiary/aromatic N) is 1. The fourth-order valence-corrected chi connectivity index (χ4v) is 1.99. The van der Waals surface area contributed by atoms with Crippen LogP contribution in [0.5, 0.6) is 0 Å². The number of primary amides is 1. The molecule has 4 heteroatoms. The molecule has 1 rings (SSSR count). The Morgan fingerprint density at radius 3 is 2.47 bits per heavy atom. The second kappa shape index (κ2) is 7.92. The van der Waals surface area contributed by atoms with E-state index in [4.69, 9.17) is 5.73 Å². The van der Waals surface area contributed by atoms with E-state index in [0.717, 1.165) is 13.0 Å². The molecule has 0 saturated heterocycles. The molecule has 4 nitrogen and oxygen atoms in total. The maximum absolute atomic E-state index is 11.4. The molecule has 1 aromatic carbocycles. The van der Waals surface area contributed by atoms with Crippen LogP contribution in [-0.2, 0) is 11.2 Å². The van der Waals surface area contributed by atoms with Gasteiger partial charge in [-0.05, 0) is 19.0 Å². The van der Waals surface area contributed by atoms with Crippen molar-refractivity contribution in [2.75, 3.05) is 20.1 Å². The Labute approximate surface area is 116 Å². The Morgan fingerprint density at radius 2 is 1.95 bits per heavy atom. The normalized spacial score (nSPS) is 12.9. The minimum absolute atomic E-state index is 0.250. The van der Waals surface area contributed by atoms with Crippen LogP contribution in [0.2, 0.25) is 0 Å². The fraction of sp³-hybridized carbons (Fsp3) is 0.533. The number of likely N-dealkylation sites (N-methyl/N-ethyl adjacent to an activating group) is 1. The van der Waals surface area contributed by atoms with Gasteiger partial charge in [0.1, 0.15) is 0 Å². The number of rotatable bonds is 8. The average Bonchev–Trinajstić information content (AvgIpc) is 2.36. The van der Waals surface area contributed by atoms with Crippen molar-refractivity contribution in [2.24, 2.45) is 5.73 Å². The van der Waals surface area contributed by atoms with Crippen LogP contribution < -0.4 is 11.1 Å². The molecule has 0 saturated carbocycles. The molecule has 1 atom stereocenters. The number of benzene rings is 1. The maximum Gasteiger partial charge on any atom is 0.235 e. The third kappa shape index (κ3) is 6.36. The first-order valence-electron chi connectivity index (χ1n) is 6.77. The van der Waals surface area contributed by atoms with Gasteiger partial charge in [-0.2, -0.15) is 0 Å². The molecule has 0 heterocycles. The van der Waals surface area contributed by atoms with Crippen molar-refractivity contribution in [3.63, 3.8) is 0 Å². The molecule has 0 aliphatic heterocycles. The lowest BCUT2D eigenvalue weighted by molar-refractivity contribution is -0.120. The predicted molar refractivity (Wildman–Crippen MR) is 78.9 cm³/mol. The molecule has 0 aromatic heterocycles. The van der Waals surface area contributed by atoms with Crippen molar-refractivity contribution < 1.29 is 4.79 Å². The van der Waals surface area contributed by atoms with Crippen molar-refractivity contribution in [1.29, 1.82) is 0 Å². The van der Waals surface area contributed by atoms with Crippen LogP contribution in [0.25, 0.3) is 0 Å². The molecule has 0 aliphatic carbocycles. The Kier molecular flexibility index (Phi) is 6.53. The van der Waals surface area contributed by atoms with Gasteiger partial charge in [0.25, 0.3) is 0 Å². The number of amides is 1. The number of carbonyl (C=O) groups excluding carboxylic acids is 1. The molecule has 3 N–H and O–H groups in total. The van der Waals surface area contributed by atoms with Gasteiger partial charge in [0, 0.05) is 19.1 Å². The van der Waals surface area contributed by atoms with Crippen molar-refractivity contribution in [1.82, 2.24) is 10.2 Å². The number of carbonyl (C=O) groups is 1. The van der Waals surface area contributed by atoms with Crippen LogP contribution in [0.15, 0.2) is 30.3 Å². The number of hydrogen-bond donors (Lipinski definition) is 2. The summed E-state index contributed by atoms with van der Waals surface area (Å²) in [5, 5.41) is 3.19. The SMILES string of the molecule is CC(C)NC(CN(C)CCc1ccccc1)C(N)=O. The summed E-state index contributed by atoms with van der Waals surface area (Å²) in [4.78, 5) is 13.5. The fourth-order valence-electron chi connectivity index (χ4n) is 1.99. The summed E-state index contributed by atoms with van der Waals surface area (Å²) in [5.74, 6) is -0.291. The highest BCUT2D eigenvalue weighted by atomic mass is 16.1. The van der Waals surface area contributed by atoms with Crippen molar-refractivity contribution in [3.8, 4) is 0 Å². The summed E-state index contributed by atoms with van der Waals surface area (Å²) < 4.78 is 0.